The van der Waals surface area contributed by atoms with Gasteiger partial charge in [0, 0.05) is 12.6 Å². The van der Waals surface area contributed by atoms with Gasteiger partial charge in [-0.15, -0.1) is 0 Å². The average Bonchev–Trinajstić information content (AvgIpc) is 2.35. The van der Waals surface area contributed by atoms with Crippen molar-refractivity contribution in [1.29, 1.82) is 0 Å². The number of nitrogens with one attached hydrogen (secondary N) is 1. The summed E-state index contributed by atoms with van der Waals surface area (Å²) < 4.78 is 13.9. The number of para-hydroxylation sites is 1. The standard InChI is InChI=1S/C13H15FN2O3/c1-8-7-15-13(19)11(6-12(17)18)16(8)10-5-3-2-4-9(10)14/h2-5,8,11H,6-7H2,1H3,(H,15,19)(H,17,18). The summed E-state index contributed by atoms with van der Waals surface area (Å²) in [6.07, 6.45) is -0.357. The molecule has 0 bridgehead atoms. The van der Waals surface area contributed by atoms with Crippen molar-refractivity contribution in [2.24, 2.45) is 0 Å². The van der Waals surface area contributed by atoms with Crippen molar-refractivity contribution in [3.63, 3.8) is 0 Å². The van der Waals surface area contributed by atoms with Crippen molar-refractivity contribution in [2.45, 2.75) is 25.4 Å². The zero-order chi connectivity index (χ0) is 14.0. The maximum atomic E-state index is 13.9. The van der Waals surface area contributed by atoms with Gasteiger partial charge in [0.15, 0.2) is 0 Å². The van der Waals surface area contributed by atoms with Gasteiger partial charge in [-0.25, -0.2) is 4.39 Å². The summed E-state index contributed by atoms with van der Waals surface area (Å²) in [6.45, 7) is 2.18. The number of anilines is 1. The van der Waals surface area contributed by atoms with E-state index in [2.05, 4.69) is 5.32 Å². The number of piperazine rings is 1. The van der Waals surface area contributed by atoms with Crippen LogP contribution in [0.1, 0.15) is 13.3 Å². The molecule has 0 aliphatic carbocycles. The lowest BCUT2D eigenvalue weighted by Crippen LogP contribution is -2.60. The van der Waals surface area contributed by atoms with E-state index in [1.54, 1.807) is 23.1 Å². The Hall–Kier alpha value is -2.11. The quantitative estimate of drug-likeness (QED) is 0.856. The van der Waals surface area contributed by atoms with Gasteiger partial charge >= 0.3 is 5.97 Å². The topological polar surface area (TPSA) is 69.6 Å². The Labute approximate surface area is 110 Å². The number of benzene rings is 1. The molecule has 0 spiro atoms. The largest absolute Gasteiger partial charge is 0.481 e. The van der Waals surface area contributed by atoms with E-state index < -0.39 is 17.8 Å². The first kappa shape index (κ1) is 13.3. The van der Waals surface area contributed by atoms with Gasteiger partial charge in [-0.1, -0.05) is 12.1 Å². The van der Waals surface area contributed by atoms with Crippen LogP contribution in [0.15, 0.2) is 24.3 Å². The first-order chi connectivity index (χ1) is 9.00. The van der Waals surface area contributed by atoms with Crippen molar-refractivity contribution in [2.75, 3.05) is 11.4 Å². The van der Waals surface area contributed by atoms with Crippen molar-refractivity contribution in [3.05, 3.63) is 30.1 Å². The Morgan fingerprint density at radius 2 is 2.21 bits per heavy atom. The number of rotatable bonds is 3. The fraction of sp³-hybridized carbons (Fsp3) is 0.385. The highest BCUT2D eigenvalue weighted by molar-refractivity contribution is 5.90. The molecule has 102 valence electrons. The van der Waals surface area contributed by atoms with E-state index in [1.165, 1.54) is 6.07 Å². The van der Waals surface area contributed by atoms with E-state index in [9.17, 15) is 14.0 Å². The number of carboxylic acid groups (broad SMARTS) is 1. The average molecular weight is 266 g/mol. The van der Waals surface area contributed by atoms with Crippen molar-refractivity contribution < 1.29 is 19.1 Å². The van der Waals surface area contributed by atoms with Crippen molar-refractivity contribution in [3.8, 4) is 0 Å². The lowest BCUT2D eigenvalue weighted by molar-refractivity contribution is -0.140. The molecule has 1 heterocycles. The summed E-state index contributed by atoms with van der Waals surface area (Å²) in [5.41, 5.74) is 0.260. The molecule has 2 unspecified atom stereocenters. The summed E-state index contributed by atoms with van der Waals surface area (Å²) in [4.78, 5) is 24.3. The number of halogens is 1. The highest BCUT2D eigenvalue weighted by Crippen LogP contribution is 2.26. The third-order valence-corrected chi connectivity index (χ3v) is 3.18. The first-order valence-electron chi connectivity index (χ1n) is 6.03. The minimum absolute atomic E-state index is 0.168. The maximum Gasteiger partial charge on any atom is 0.305 e. The third-order valence-electron chi connectivity index (χ3n) is 3.18. The molecule has 5 nitrogen and oxygen atoms in total. The molecule has 2 N–H and O–H groups in total. The minimum atomic E-state index is -1.09. The molecule has 1 amide bonds. The highest BCUT2D eigenvalue weighted by atomic mass is 19.1. The van der Waals surface area contributed by atoms with Gasteiger partial charge in [0.25, 0.3) is 0 Å². The third kappa shape index (κ3) is 2.67. The Morgan fingerprint density at radius 1 is 1.53 bits per heavy atom. The molecule has 1 saturated heterocycles. The second kappa shape index (κ2) is 5.26. The number of amides is 1. The zero-order valence-electron chi connectivity index (χ0n) is 10.5. The first-order valence-corrected chi connectivity index (χ1v) is 6.03. The monoisotopic (exact) mass is 266 g/mol. The van der Waals surface area contributed by atoms with Gasteiger partial charge in [0.05, 0.1) is 12.1 Å². The van der Waals surface area contributed by atoms with Crippen molar-refractivity contribution in [1.82, 2.24) is 5.32 Å². The second-order valence-electron chi connectivity index (χ2n) is 4.57. The fourth-order valence-electron chi connectivity index (χ4n) is 2.32. The van der Waals surface area contributed by atoms with E-state index in [0.29, 0.717) is 6.54 Å². The molecule has 19 heavy (non-hydrogen) atoms. The molecule has 2 rings (SSSR count). The van der Waals surface area contributed by atoms with Crippen LogP contribution < -0.4 is 10.2 Å². The molecule has 1 aliphatic heterocycles. The molecule has 0 aromatic heterocycles. The van der Waals surface area contributed by atoms with E-state index in [-0.39, 0.29) is 24.1 Å². The van der Waals surface area contributed by atoms with Crippen molar-refractivity contribution >= 4 is 17.6 Å². The van der Waals surface area contributed by atoms with E-state index in [1.807, 2.05) is 6.92 Å². The van der Waals surface area contributed by atoms with Crippen LogP contribution in [0.3, 0.4) is 0 Å². The number of carbonyl (C=O) groups excluding carboxylic acids is 1. The smallest absolute Gasteiger partial charge is 0.305 e. The van der Waals surface area contributed by atoms with Crippen LogP contribution in [0.25, 0.3) is 0 Å². The van der Waals surface area contributed by atoms with Gasteiger partial charge in [-0.2, -0.15) is 0 Å². The Balaban J connectivity index is 2.39. The van der Waals surface area contributed by atoms with Gasteiger partial charge in [-0.3, -0.25) is 9.59 Å². The molecule has 0 radical (unpaired) electrons. The number of hydrogen-bond donors (Lipinski definition) is 2. The lowest BCUT2D eigenvalue weighted by atomic mass is 10.0. The molecular weight excluding hydrogens is 251 g/mol. The van der Waals surface area contributed by atoms with Crippen LogP contribution in [0.4, 0.5) is 10.1 Å². The number of carboxylic acids is 1. The summed E-state index contributed by atoms with van der Waals surface area (Å²) >= 11 is 0. The molecule has 1 aromatic carbocycles. The number of carbonyl (C=O) groups is 2. The van der Waals surface area contributed by atoms with Crippen LogP contribution in [-0.2, 0) is 9.59 Å². The molecule has 1 aromatic rings. The van der Waals surface area contributed by atoms with Crippen LogP contribution in [0, 0.1) is 5.82 Å². The van der Waals surface area contributed by atoms with Crippen LogP contribution in [0.2, 0.25) is 0 Å². The predicted octanol–water partition coefficient (Wildman–Crippen LogP) is 0.994. The molecule has 0 saturated carbocycles. The lowest BCUT2D eigenvalue weighted by Gasteiger charge is -2.41. The number of nitrogens with zero attached hydrogens (tertiary/aromatic N) is 1. The normalized spacial score (nSPS) is 23.1. The van der Waals surface area contributed by atoms with Crippen LogP contribution in [0.5, 0.6) is 0 Å². The molecular formula is C13H15FN2O3. The van der Waals surface area contributed by atoms with Crippen LogP contribution in [-0.4, -0.2) is 35.6 Å². The Bertz CT molecular complexity index is 506. The second-order valence-corrected chi connectivity index (χ2v) is 4.57. The molecule has 2 atom stereocenters. The SMILES string of the molecule is CC1CNC(=O)C(CC(=O)O)N1c1ccccc1F. The Morgan fingerprint density at radius 3 is 2.84 bits per heavy atom. The highest BCUT2D eigenvalue weighted by Gasteiger charge is 2.36. The molecule has 1 fully saturated rings. The number of hydrogen-bond acceptors (Lipinski definition) is 3. The summed E-state index contributed by atoms with van der Waals surface area (Å²) in [7, 11) is 0. The summed E-state index contributed by atoms with van der Waals surface area (Å²) in [5, 5.41) is 11.5. The summed E-state index contributed by atoms with van der Waals surface area (Å²) in [5.74, 6) is -1.93. The molecule has 1 aliphatic rings. The number of aliphatic carboxylic acids is 1. The Kier molecular flexibility index (Phi) is 3.69. The van der Waals surface area contributed by atoms with Crippen LogP contribution >= 0.6 is 0 Å². The van der Waals surface area contributed by atoms with Gasteiger partial charge < -0.3 is 15.3 Å². The predicted molar refractivity (Wildman–Crippen MR) is 67.4 cm³/mol. The zero-order valence-corrected chi connectivity index (χ0v) is 10.5. The van der Waals surface area contributed by atoms with E-state index in [4.69, 9.17) is 5.11 Å². The van der Waals surface area contributed by atoms with E-state index >= 15 is 0 Å². The molecule has 6 heteroatoms. The van der Waals surface area contributed by atoms with Gasteiger partial charge in [-0.05, 0) is 19.1 Å². The summed E-state index contributed by atoms with van der Waals surface area (Å²) in [6, 6.07) is 5.01. The minimum Gasteiger partial charge on any atom is -0.481 e. The van der Waals surface area contributed by atoms with Gasteiger partial charge in [0.1, 0.15) is 11.9 Å². The fourth-order valence-corrected chi connectivity index (χ4v) is 2.32. The van der Waals surface area contributed by atoms with Gasteiger partial charge in [0.2, 0.25) is 5.91 Å². The maximum absolute atomic E-state index is 13.9. The van der Waals surface area contributed by atoms with E-state index in [0.717, 1.165) is 0 Å².